The number of carbonyl (C=O) groups excluding carboxylic acids is 1. The van der Waals surface area contributed by atoms with Crippen molar-refractivity contribution in [1.29, 1.82) is 0 Å². The van der Waals surface area contributed by atoms with Gasteiger partial charge in [-0.15, -0.1) is 0 Å². The molecule has 3 rings (SSSR count). The molecule has 2 atom stereocenters. The second kappa shape index (κ2) is 5.06. The highest BCUT2D eigenvalue weighted by molar-refractivity contribution is 5.90. The monoisotopic (exact) mass is 288 g/mol. The summed E-state index contributed by atoms with van der Waals surface area (Å²) in [5.74, 6) is -0.658. The SMILES string of the molecule is Cc1ccc(NC(=O)N2C[C@@H]3CCC[C@@]3(C(=O)O)C2)cc1. The second-order valence-corrected chi connectivity index (χ2v) is 6.23. The van der Waals surface area contributed by atoms with E-state index in [-0.39, 0.29) is 11.9 Å². The molecule has 0 bridgehead atoms. The average Bonchev–Trinajstić information content (AvgIpc) is 2.99. The van der Waals surface area contributed by atoms with E-state index in [4.69, 9.17) is 0 Å². The van der Waals surface area contributed by atoms with Crippen LogP contribution in [0.2, 0.25) is 0 Å². The molecule has 21 heavy (non-hydrogen) atoms. The number of carbonyl (C=O) groups is 2. The second-order valence-electron chi connectivity index (χ2n) is 6.23. The van der Waals surface area contributed by atoms with Gasteiger partial charge in [-0.3, -0.25) is 4.79 Å². The van der Waals surface area contributed by atoms with Crippen LogP contribution in [0, 0.1) is 18.3 Å². The van der Waals surface area contributed by atoms with Crippen molar-refractivity contribution in [2.45, 2.75) is 26.2 Å². The van der Waals surface area contributed by atoms with Crippen LogP contribution >= 0.6 is 0 Å². The van der Waals surface area contributed by atoms with E-state index in [9.17, 15) is 14.7 Å². The van der Waals surface area contributed by atoms with Crippen molar-refractivity contribution in [2.24, 2.45) is 11.3 Å². The molecule has 2 aliphatic rings. The fourth-order valence-corrected chi connectivity index (χ4v) is 3.63. The number of hydrogen-bond acceptors (Lipinski definition) is 2. The number of aliphatic carboxylic acids is 1. The number of nitrogens with one attached hydrogen (secondary N) is 1. The van der Waals surface area contributed by atoms with E-state index >= 15 is 0 Å². The first-order chi connectivity index (χ1) is 10.0. The van der Waals surface area contributed by atoms with Crippen LogP contribution in [0.5, 0.6) is 0 Å². The van der Waals surface area contributed by atoms with E-state index in [0.717, 1.165) is 24.1 Å². The maximum absolute atomic E-state index is 12.3. The molecule has 2 amide bonds. The first kappa shape index (κ1) is 13.9. The van der Waals surface area contributed by atoms with Gasteiger partial charge >= 0.3 is 12.0 Å². The molecule has 0 aromatic heterocycles. The lowest BCUT2D eigenvalue weighted by molar-refractivity contribution is -0.149. The van der Waals surface area contributed by atoms with Crippen LogP contribution in [0.1, 0.15) is 24.8 Å². The number of anilines is 1. The van der Waals surface area contributed by atoms with Crippen LogP contribution < -0.4 is 5.32 Å². The number of rotatable bonds is 2. The molecule has 112 valence electrons. The molecule has 1 saturated heterocycles. The number of urea groups is 1. The standard InChI is InChI=1S/C16H20N2O3/c1-11-4-6-13(7-5-11)17-15(21)18-9-12-3-2-8-16(12,10-18)14(19)20/h4-7,12H,2-3,8-10H2,1H3,(H,17,21)(H,19,20)/t12-,16+/m0/s1. The summed E-state index contributed by atoms with van der Waals surface area (Å²) in [4.78, 5) is 25.6. The lowest BCUT2D eigenvalue weighted by Crippen LogP contribution is -2.38. The third-order valence-corrected chi connectivity index (χ3v) is 4.89. The number of hydrogen-bond donors (Lipinski definition) is 2. The predicted octanol–water partition coefficient (Wildman–Crippen LogP) is 2.71. The first-order valence-electron chi connectivity index (χ1n) is 7.37. The van der Waals surface area contributed by atoms with Gasteiger partial charge in [-0.05, 0) is 37.8 Å². The zero-order valence-corrected chi connectivity index (χ0v) is 12.1. The number of amides is 2. The first-order valence-corrected chi connectivity index (χ1v) is 7.37. The maximum Gasteiger partial charge on any atom is 0.321 e. The highest BCUT2D eigenvalue weighted by Gasteiger charge is 2.55. The van der Waals surface area contributed by atoms with Gasteiger partial charge in [0.15, 0.2) is 0 Å². The highest BCUT2D eigenvalue weighted by atomic mass is 16.4. The summed E-state index contributed by atoms with van der Waals surface area (Å²) >= 11 is 0. The molecule has 2 N–H and O–H groups in total. The van der Waals surface area contributed by atoms with Crippen LogP contribution in [-0.2, 0) is 4.79 Å². The van der Waals surface area contributed by atoms with Crippen LogP contribution in [0.4, 0.5) is 10.5 Å². The van der Waals surface area contributed by atoms with Crippen molar-refractivity contribution in [3.05, 3.63) is 29.8 Å². The number of nitrogens with zero attached hydrogens (tertiary/aromatic N) is 1. The van der Waals surface area contributed by atoms with Crippen LogP contribution in [-0.4, -0.2) is 35.1 Å². The molecule has 0 radical (unpaired) electrons. The smallest absolute Gasteiger partial charge is 0.321 e. The summed E-state index contributed by atoms with van der Waals surface area (Å²) in [5.41, 5.74) is 1.16. The number of carboxylic acid groups (broad SMARTS) is 1. The lowest BCUT2D eigenvalue weighted by Gasteiger charge is -2.23. The summed E-state index contributed by atoms with van der Waals surface area (Å²) in [6, 6.07) is 7.39. The Hall–Kier alpha value is -2.04. The third kappa shape index (κ3) is 2.37. The van der Waals surface area contributed by atoms with Gasteiger partial charge < -0.3 is 15.3 Å². The quantitative estimate of drug-likeness (QED) is 0.879. The topological polar surface area (TPSA) is 69.6 Å². The minimum absolute atomic E-state index is 0.0961. The number of aryl methyl sites for hydroxylation is 1. The van der Waals surface area contributed by atoms with Crippen LogP contribution in [0.15, 0.2) is 24.3 Å². The van der Waals surface area contributed by atoms with Gasteiger partial charge in [0.05, 0.1) is 5.41 Å². The van der Waals surface area contributed by atoms with Crippen molar-refractivity contribution in [1.82, 2.24) is 4.90 Å². The number of carboxylic acids is 1. The molecular weight excluding hydrogens is 268 g/mol. The Morgan fingerprint density at radius 3 is 2.67 bits per heavy atom. The largest absolute Gasteiger partial charge is 0.481 e. The zero-order chi connectivity index (χ0) is 15.0. The van der Waals surface area contributed by atoms with E-state index in [1.807, 2.05) is 31.2 Å². The van der Waals surface area contributed by atoms with Gasteiger partial charge in [0.25, 0.3) is 0 Å². The fraction of sp³-hybridized carbons (Fsp3) is 0.500. The summed E-state index contributed by atoms with van der Waals surface area (Å²) in [6.45, 7) is 2.86. The van der Waals surface area contributed by atoms with Crippen LogP contribution in [0.25, 0.3) is 0 Å². The molecule has 1 aromatic carbocycles. The summed E-state index contributed by atoms with van der Waals surface area (Å²) in [7, 11) is 0. The van der Waals surface area contributed by atoms with Crippen molar-refractivity contribution in [2.75, 3.05) is 18.4 Å². The molecule has 0 unspecified atom stereocenters. The summed E-state index contributed by atoms with van der Waals surface area (Å²) in [6.07, 6.45) is 2.53. The van der Waals surface area contributed by atoms with E-state index in [2.05, 4.69) is 5.32 Å². The highest BCUT2D eigenvalue weighted by Crippen LogP contribution is 2.48. The average molecular weight is 288 g/mol. The van der Waals surface area contributed by atoms with Gasteiger partial charge in [0.1, 0.15) is 0 Å². The maximum atomic E-state index is 12.3. The van der Waals surface area contributed by atoms with E-state index < -0.39 is 11.4 Å². The Morgan fingerprint density at radius 2 is 2.05 bits per heavy atom. The van der Waals surface area contributed by atoms with E-state index in [1.54, 1.807) is 4.90 Å². The molecule has 1 aliphatic carbocycles. The molecule has 5 heteroatoms. The van der Waals surface area contributed by atoms with Crippen molar-refractivity contribution in [3.63, 3.8) is 0 Å². The minimum atomic E-state index is -0.754. The molecule has 1 saturated carbocycles. The van der Waals surface area contributed by atoms with Crippen molar-refractivity contribution < 1.29 is 14.7 Å². The summed E-state index contributed by atoms with van der Waals surface area (Å²) in [5, 5.41) is 12.4. The van der Waals surface area contributed by atoms with Gasteiger partial charge in [-0.25, -0.2) is 4.79 Å². The Balaban J connectivity index is 1.70. The third-order valence-electron chi connectivity index (χ3n) is 4.89. The normalized spacial score (nSPS) is 27.5. The summed E-state index contributed by atoms with van der Waals surface area (Å²) < 4.78 is 0. The number of benzene rings is 1. The van der Waals surface area contributed by atoms with Crippen molar-refractivity contribution >= 4 is 17.7 Å². The number of fused-ring (bicyclic) bond motifs is 1. The Morgan fingerprint density at radius 1 is 1.33 bits per heavy atom. The Kier molecular flexibility index (Phi) is 3.35. The van der Waals surface area contributed by atoms with Gasteiger partial charge in [-0.1, -0.05) is 24.1 Å². The predicted molar refractivity (Wildman–Crippen MR) is 79.2 cm³/mol. The van der Waals surface area contributed by atoms with Crippen molar-refractivity contribution in [3.8, 4) is 0 Å². The van der Waals surface area contributed by atoms with Gasteiger partial charge in [0.2, 0.25) is 0 Å². The minimum Gasteiger partial charge on any atom is -0.481 e. The van der Waals surface area contributed by atoms with E-state index in [1.165, 1.54) is 0 Å². The molecule has 0 spiro atoms. The molecule has 1 heterocycles. The van der Waals surface area contributed by atoms with Crippen LogP contribution in [0.3, 0.4) is 0 Å². The molecule has 2 fully saturated rings. The van der Waals surface area contributed by atoms with Gasteiger partial charge in [-0.2, -0.15) is 0 Å². The van der Waals surface area contributed by atoms with Gasteiger partial charge in [0, 0.05) is 18.8 Å². The zero-order valence-electron chi connectivity index (χ0n) is 12.1. The lowest BCUT2D eigenvalue weighted by atomic mass is 9.81. The molecular formula is C16H20N2O3. The molecule has 5 nitrogen and oxygen atoms in total. The molecule has 1 aromatic rings. The molecule has 1 aliphatic heterocycles. The Bertz CT molecular complexity index is 569. The fourth-order valence-electron chi connectivity index (χ4n) is 3.63. The Labute approximate surface area is 123 Å². The number of likely N-dealkylation sites (tertiary alicyclic amines) is 1. The van der Waals surface area contributed by atoms with E-state index in [0.29, 0.717) is 19.5 Å².